The Labute approximate surface area is 110 Å². The number of carbonyl (C=O) groups is 2. The minimum Gasteiger partial charge on any atom is -0.340 e. The average Bonchev–Trinajstić information content (AvgIpc) is 2.85. The number of carbonyl (C=O) groups excluding carboxylic acids is 2. The van der Waals surface area contributed by atoms with Crippen LogP contribution in [0.1, 0.15) is 32.2 Å². The van der Waals surface area contributed by atoms with E-state index in [0.717, 1.165) is 5.01 Å². The van der Waals surface area contributed by atoms with Gasteiger partial charge < -0.3 is 10.2 Å². The van der Waals surface area contributed by atoms with Gasteiger partial charge >= 0.3 is 0 Å². The molecule has 98 valence electrons. The maximum atomic E-state index is 12.4. The number of hydrogen-bond acceptors (Lipinski definition) is 4. The lowest BCUT2D eigenvalue weighted by atomic mass is 9.92. The van der Waals surface area contributed by atoms with Gasteiger partial charge in [-0.1, -0.05) is 6.92 Å². The highest BCUT2D eigenvalue weighted by molar-refractivity contribution is 7.09. The molecule has 1 N–H and O–H groups in total. The Morgan fingerprint density at radius 2 is 2.28 bits per heavy atom. The van der Waals surface area contributed by atoms with Gasteiger partial charge in [0.1, 0.15) is 16.6 Å². The highest BCUT2D eigenvalue weighted by Crippen LogP contribution is 2.23. The van der Waals surface area contributed by atoms with Gasteiger partial charge in [-0.2, -0.15) is 0 Å². The molecular weight excluding hydrogens is 250 g/mol. The molecule has 1 fully saturated rings. The quantitative estimate of drug-likeness (QED) is 0.894. The van der Waals surface area contributed by atoms with Crippen LogP contribution in [0.2, 0.25) is 0 Å². The number of nitrogens with zero attached hydrogens (tertiary/aromatic N) is 2. The normalized spacial score (nSPS) is 28.4. The molecule has 1 aliphatic heterocycles. The molecular formula is C12H17N3O2S. The molecule has 0 saturated carbocycles. The van der Waals surface area contributed by atoms with E-state index in [9.17, 15) is 9.59 Å². The van der Waals surface area contributed by atoms with Gasteiger partial charge in [0.15, 0.2) is 0 Å². The molecule has 2 amide bonds. The summed E-state index contributed by atoms with van der Waals surface area (Å²) in [5, 5.41) is 5.52. The fourth-order valence-electron chi connectivity index (χ4n) is 1.99. The molecule has 2 atom stereocenters. The lowest BCUT2D eigenvalue weighted by molar-refractivity contribution is -0.154. The number of piperazine rings is 1. The van der Waals surface area contributed by atoms with Crippen LogP contribution < -0.4 is 5.32 Å². The first-order valence-corrected chi connectivity index (χ1v) is 6.87. The maximum absolute atomic E-state index is 12.4. The minimum atomic E-state index is -0.791. The van der Waals surface area contributed by atoms with Crippen molar-refractivity contribution in [2.75, 3.05) is 0 Å². The Balaban J connectivity index is 2.25. The van der Waals surface area contributed by atoms with Crippen molar-refractivity contribution in [1.29, 1.82) is 0 Å². The molecule has 1 saturated heterocycles. The van der Waals surface area contributed by atoms with Gasteiger partial charge in [0.05, 0.1) is 6.54 Å². The molecule has 1 aliphatic rings. The fourth-order valence-corrected chi connectivity index (χ4v) is 2.60. The van der Waals surface area contributed by atoms with Crippen LogP contribution in [0.4, 0.5) is 0 Å². The van der Waals surface area contributed by atoms with E-state index in [0.29, 0.717) is 13.0 Å². The number of thiazole rings is 1. The monoisotopic (exact) mass is 267 g/mol. The maximum Gasteiger partial charge on any atom is 0.249 e. The van der Waals surface area contributed by atoms with Crippen molar-refractivity contribution in [3.05, 3.63) is 16.6 Å². The van der Waals surface area contributed by atoms with Crippen molar-refractivity contribution in [3.63, 3.8) is 0 Å². The van der Waals surface area contributed by atoms with Crippen LogP contribution in [-0.2, 0) is 16.1 Å². The Hall–Kier alpha value is -1.43. The van der Waals surface area contributed by atoms with Crippen molar-refractivity contribution >= 4 is 23.2 Å². The SMILES string of the molecule is CCC1(C)NC(=O)C(C)N(Cc2nccs2)C1=O. The first-order valence-electron chi connectivity index (χ1n) is 5.99. The van der Waals surface area contributed by atoms with Gasteiger partial charge in [-0.25, -0.2) is 4.98 Å². The van der Waals surface area contributed by atoms with Crippen molar-refractivity contribution in [3.8, 4) is 0 Å². The summed E-state index contributed by atoms with van der Waals surface area (Å²) in [6.45, 7) is 5.82. The lowest BCUT2D eigenvalue weighted by Crippen LogP contribution is -2.68. The van der Waals surface area contributed by atoms with Crippen molar-refractivity contribution < 1.29 is 9.59 Å². The van der Waals surface area contributed by atoms with Gasteiger partial charge in [0, 0.05) is 11.6 Å². The molecule has 0 aromatic carbocycles. The summed E-state index contributed by atoms with van der Waals surface area (Å²) in [6.07, 6.45) is 2.29. The summed E-state index contributed by atoms with van der Waals surface area (Å²) < 4.78 is 0. The van der Waals surface area contributed by atoms with Gasteiger partial charge in [-0.05, 0) is 20.3 Å². The summed E-state index contributed by atoms with van der Waals surface area (Å²) in [6, 6.07) is -0.443. The average molecular weight is 267 g/mol. The van der Waals surface area contributed by atoms with Crippen LogP contribution >= 0.6 is 11.3 Å². The lowest BCUT2D eigenvalue weighted by Gasteiger charge is -2.42. The molecule has 2 heterocycles. The van der Waals surface area contributed by atoms with E-state index in [2.05, 4.69) is 10.3 Å². The summed E-state index contributed by atoms with van der Waals surface area (Å²) in [5.41, 5.74) is -0.791. The van der Waals surface area contributed by atoms with Gasteiger partial charge in [-0.15, -0.1) is 11.3 Å². The summed E-state index contributed by atoms with van der Waals surface area (Å²) in [4.78, 5) is 30.2. The zero-order chi connectivity index (χ0) is 13.3. The smallest absolute Gasteiger partial charge is 0.249 e. The first kappa shape index (κ1) is 13.0. The van der Waals surface area contributed by atoms with Crippen LogP contribution in [-0.4, -0.2) is 33.3 Å². The Bertz CT molecular complexity index is 460. The zero-order valence-electron chi connectivity index (χ0n) is 10.8. The zero-order valence-corrected chi connectivity index (χ0v) is 11.6. The molecule has 5 nitrogen and oxygen atoms in total. The van der Waals surface area contributed by atoms with E-state index in [-0.39, 0.29) is 11.8 Å². The van der Waals surface area contributed by atoms with Gasteiger partial charge in [-0.3, -0.25) is 9.59 Å². The van der Waals surface area contributed by atoms with Crippen LogP contribution in [0.25, 0.3) is 0 Å². The summed E-state index contributed by atoms with van der Waals surface area (Å²) in [5.74, 6) is -0.136. The van der Waals surface area contributed by atoms with Crippen LogP contribution in [0, 0.1) is 0 Å². The fraction of sp³-hybridized carbons (Fsp3) is 0.583. The predicted molar refractivity (Wildman–Crippen MR) is 69.0 cm³/mol. The molecule has 18 heavy (non-hydrogen) atoms. The van der Waals surface area contributed by atoms with E-state index in [1.54, 1.807) is 24.9 Å². The van der Waals surface area contributed by atoms with E-state index in [4.69, 9.17) is 0 Å². The van der Waals surface area contributed by atoms with Crippen LogP contribution in [0.3, 0.4) is 0 Å². The Morgan fingerprint density at radius 1 is 1.56 bits per heavy atom. The molecule has 0 aliphatic carbocycles. The van der Waals surface area contributed by atoms with Crippen molar-refractivity contribution in [2.45, 2.75) is 45.3 Å². The molecule has 2 unspecified atom stereocenters. The second kappa shape index (κ2) is 4.68. The number of amides is 2. The molecule has 2 rings (SSSR count). The molecule has 1 aromatic heterocycles. The Kier molecular flexibility index (Phi) is 3.38. The number of aromatic nitrogens is 1. The third kappa shape index (κ3) is 2.12. The Morgan fingerprint density at radius 3 is 2.83 bits per heavy atom. The van der Waals surface area contributed by atoms with Crippen molar-refractivity contribution in [1.82, 2.24) is 15.2 Å². The minimum absolute atomic E-state index is 0.0349. The van der Waals surface area contributed by atoms with Crippen LogP contribution in [0.5, 0.6) is 0 Å². The molecule has 0 radical (unpaired) electrons. The topological polar surface area (TPSA) is 62.3 Å². The molecule has 0 spiro atoms. The largest absolute Gasteiger partial charge is 0.340 e. The van der Waals surface area contributed by atoms with E-state index >= 15 is 0 Å². The standard InChI is InChI=1S/C12H17N3O2S/c1-4-12(3)11(17)15(8(2)10(16)14-12)7-9-13-5-6-18-9/h5-6,8H,4,7H2,1-3H3,(H,14,16). The molecule has 6 heteroatoms. The molecule has 1 aromatic rings. The molecule has 0 bridgehead atoms. The summed E-state index contributed by atoms with van der Waals surface area (Å²) in [7, 11) is 0. The number of rotatable bonds is 3. The second-order valence-corrected chi connectivity index (χ2v) is 5.69. The van der Waals surface area contributed by atoms with E-state index in [1.807, 2.05) is 12.3 Å². The second-order valence-electron chi connectivity index (χ2n) is 4.71. The third-order valence-electron chi connectivity index (χ3n) is 3.48. The van der Waals surface area contributed by atoms with Gasteiger partial charge in [0.2, 0.25) is 11.8 Å². The van der Waals surface area contributed by atoms with E-state index < -0.39 is 11.6 Å². The van der Waals surface area contributed by atoms with E-state index in [1.165, 1.54) is 11.3 Å². The van der Waals surface area contributed by atoms with Crippen molar-refractivity contribution in [2.24, 2.45) is 0 Å². The number of nitrogens with one attached hydrogen (secondary N) is 1. The highest BCUT2D eigenvalue weighted by atomic mass is 32.1. The van der Waals surface area contributed by atoms with Gasteiger partial charge in [0.25, 0.3) is 0 Å². The third-order valence-corrected chi connectivity index (χ3v) is 4.24. The highest BCUT2D eigenvalue weighted by Gasteiger charge is 2.45. The number of hydrogen-bond donors (Lipinski definition) is 1. The predicted octanol–water partition coefficient (Wildman–Crippen LogP) is 1.16. The van der Waals surface area contributed by atoms with Crippen LogP contribution in [0.15, 0.2) is 11.6 Å². The summed E-state index contributed by atoms with van der Waals surface area (Å²) >= 11 is 1.49. The first-order chi connectivity index (χ1) is 8.48.